The van der Waals surface area contributed by atoms with Gasteiger partial charge in [0.05, 0.1) is 41.3 Å². The molecule has 0 N–H and O–H groups in total. The molecular weight excluding hydrogens is 386 g/mol. The maximum absolute atomic E-state index is 12.6. The number of likely N-dealkylation sites (tertiary alicyclic amines) is 1. The van der Waals surface area contributed by atoms with E-state index in [9.17, 15) is 4.79 Å². The zero-order chi connectivity index (χ0) is 21.9. The van der Waals surface area contributed by atoms with E-state index in [4.69, 9.17) is 23.7 Å². The van der Waals surface area contributed by atoms with Crippen LogP contribution in [0.1, 0.15) is 45.1 Å². The molecule has 1 aliphatic heterocycles. The fourth-order valence-electron chi connectivity index (χ4n) is 3.64. The minimum Gasteiger partial charge on any atom is -0.493 e. The minimum absolute atomic E-state index is 0.146. The average Bonchev–Trinajstić information content (AvgIpc) is 2.75. The van der Waals surface area contributed by atoms with Crippen LogP contribution in [-0.4, -0.2) is 64.7 Å². The Balaban J connectivity index is 1.83. The van der Waals surface area contributed by atoms with Gasteiger partial charge in [-0.05, 0) is 49.3 Å². The van der Waals surface area contributed by atoms with Crippen LogP contribution in [0.5, 0.6) is 17.2 Å². The normalized spacial score (nSPS) is 17.1. The molecule has 1 saturated heterocycles. The number of piperidine rings is 1. The summed E-state index contributed by atoms with van der Waals surface area (Å²) in [5.41, 5.74) is 1.04. The number of ether oxygens (including phenoxy) is 5. The highest BCUT2D eigenvalue weighted by Crippen LogP contribution is 2.38. The van der Waals surface area contributed by atoms with Crippen molar-refractivity contribution in [3.63, 3.8) is 0 Å². The molecule has 0 aromatic heterocycles. The molecule has 0 spiro atoms. The third-order valence-electron chi connectivity index (χ3n) is 5.17. The molecule has 1 aromatic rings. The predicted molar refractivity (Wildman–Crippen MR) is 115 cm³/mol. The fraction of sp³-hybridized carbons (Fsp3) is 0.696. The lowest BCUT2D eigenvalue weighted by molar-refractivity contribution is -0.154. The summed E-state index contributed by atoms with van der Waals surface area (Å²) in [4.78, 5) is 14.7. The number of aryl methyl sites for hydroxylation is 1. The second-order valence-corrected chi connectivity index (χ2v) is 8.02. The van der Waals surface area contributed by atoms with Gasteiger partial charge in [0.25, 0.3) is 0 Å². The molecule has 30 heavy (non-hydrogen) atoms. The lowest BCUT2D eigenvalue weighted by atomic mass is 10.0. The smallest absolute Gasteiger partial charge is 0.323 e. The van der Waals surface area contributed by atoms with Gasteiger partial charge in [-0.2, -0.15) is 0 Å². The van der Waals surface area contributed by atoms with Crippen molar-refractivity contribution >= 4 is 5.97 Å². The number of hydrogen-bond donors (Lipinski definition) is 0. The van der Waals surface area contributed by atoms with Crippen LogP contribution in [0.15, 0.2) is 12.1 Å². The molecule has 170 valence electrons. The first-order valence-corrected chi connectivity index (χ1v) is 10.8. The SMILES string of the molecule is COc1cc(CCCOC(=O)C2CCCCN2COCC(C)C)cc(OC)c1OC. The standard InChI is InChI=1S/C23H37NO6/c1-17(2)15-29-16-24-11-7-6-10-19(24)23(25)30-12-8-9-18-13-20(26-3)22(28-5)21(14-18)27-4/h13-14,17,19H,6-12,15-16H2,1-5H3. The van der Waals surface area contributed by atoms with E-state index in [1.54, 1.807) is 21.3 Å². The van der Waals surface area contributed by atoms with E-state index >= 15 is 0 Å². The van der Waals surface area contributed by atoms with E-state index in [0.29, 0.717) is 43.1 Å². The molecule has 0 amide bonds. The van der Waals surface area contributed by atoms with Gasteiger partial charge < -0.3 is 23.7 Å². The van der Waals surface area contributed by atoms with Gasteiger partial charge >= 0.3 is 5.97 Å². The topological polar surface area (TPSA) is 66.5 Å². The van der Waals surface area contributed by atoms with Crippen molar-refractivity contribution in [2.45, 2.75) is 52.0 Å². The van der Waals surface area contributed by atoms with E-state index in [1.165, 1.54) is 0 Å². The molecule has 1 aromatic carbocycles. The lowest BCUT2D eigenvalue weighted by Crippen LogP contribution is -2.46. The van der Waals surface area contributed by atoms with Gasteiger partial charge in [-0.1, -0.05) is 20.3 Å². The largest absolute Gasteiger partial charge is 0.493 e. The van der Waals surface area contributed by atoms with Crippen molar-refractivity contribution in [3.05, 3.63) is 17.7 Å². The van der Waals surface area contributed by atoms with E-state index in [2.05, 4.69) is 18.7 Å². The number of nitrogens with zero attached hydrogens (tertiary/aromatic N) is 1. The highest BCUT2D eigenvalue weighted by atomic mass is 16.5. The van der Waals surface area contributed by atoms with Gasteiger partial charge in [0.1, 0.15) is 6.04 Å². The Hall–Kier alpha value is -1.99. The van der Waals surface area contributed by atoms with Gasteiger partial charge in [0, 0.05) is 6.54 Å². The van der Waals surface area contributed by atoms with E-state index in [-0.39, 0.29) is 12.0 Å². The van der Waals surface area contributed by atoms with Crippen molar-refractivity contribution in [2.75, 3.05) is 47.8 Å². The zero-order valence-electron chi connectivity index (χ0n) is 19.1. The summed E-state index contributed by atoms with van der Waals surface area (Å²) in [5.74, 6) is 2.17. The fourth-order valence-corrected chi connectivity index (χ4v) is 3.64. The molecule has 7 heteroatoms. The first-order valence-electron chi connectivity index (χ1n) is 10.8. The number of methoxy groups -OCH3 is 3. The molecule has 1 aliphatic rings. The Morgan fingerprint density at radius 2 is 1.80 bits per heavy atom. The third kappa shape index (κ3) is 7.06. The molecule has 0 bridgehead atoms. The van der Waals surface area contributed by atoms with Crippen molar-refractivity contribution < 1.29 is 28.5 Å². The van der Waals surface area contributed by atoms with Crippen LogP contribution in [0.2, 0.25) is 0 Å². The number of benzene rings is 1. The summed E-state index contributed by atoms with van der Waals surface area (Å²) in [6.45, 7) is 6.69. The second-order valence-electron chi connectivity index (χ2n) is 8.02. The number of carbonyl (C=O) groups is 1. The summed E-state index contributed by atoms with van der Waals surface area (Å²) in [7, 11) is 4.79. The Labute approximate surface area is 180 Å². The first-order chi connectivity index (χ1) is 14.5. The van der Waals surface area contributed by atoms with Crippen molar-refractivity contribution in [1.29, 1.82) is 0 Å². The summed E-state index contributed by atoms with van der Waals surface area (Å²) < 4.78 is 27.5. The maximum Gasteiger partial charge on any atom is 0.323 e. The van der Waals surface area contributed by atoms with Crippen LogP contribution in [0.4, 0.5) is 0 Å². The lowest BCUT2D eigenvalue weighted by Gasteiger charge is -2.33. The maximum atomic E-state index is 12.6. The van der Waals surface area contributed by atoms with Crippen molar-refractivity contribution in [1.82, 2.24) is 4.90 Å². The van der Waals surface area contributed by atoms with Crippen molar-refractivity contribution in [2.24, 2.45) is 5.92 Å². The molecule has 1 atom stereocenters. The highest BCUT2D eigenvalue weighted by molar-refractivity contribution is 5.75. The van der Waals surface area contributed by atoms with Crippen LogP contribution >= 0.6 is 0 Å². The summed E-state index contributed by atoms with van der Waals surface area (Å²) in [5, 5.41) is 0. The zero-order valence-corrected chi connectivity index (χ0v) is 19.1. The Morgan fingerprint density at radius 3 is 2.40 bits per heavy atom. The predicted octanol–water partition coefficient (Wildman–Crippen LogP) is 3.67. The summed E-state index contributed by atoms with van der Waals surface area (Å²) >= 11 is 0. The average molecular weight is 424 g/mol. The quantitative estimate of drug-likeness (QED) is 0.375. The first kappa shape index (κ1) is 24.3. The highest BCUT2D eigenvalue weighted by Gasteiger charge is 2.30. The third-order valence-corrected chi connectivity index (χ3v) is 5.17. The molecule has 1 fully saturated rings. The summed E-state index contributed by atoms with van der Waals surface area (Å²) in [6, 6.07) is 3.66. The van der Waals surface area contributed by atoms with Crippen LogP contribution in [0, 0.1) is 5.92 Å². The van der Waals surface area contributed by atoms with Gasteiger partial charge in [0.2, 0.25) is 5.75 Å². The molecule has 0 radical (unpaired) electrons. The Kier molecular flexibility index (Phi) is 10.2. The molecule has 0 saturated carbocycles. The number of esters is 1. The van der Waals surface area contributed by atoms with Crippen molar-refractivity contribution in [3.8, 4) is 17.2 Å². The second kappa shape index (κ2) is 12.6. The van der Waals surface area contributed by atoms with Crippen LogP contribution in [-0.2, 0) is 20.7 Å². The molecule has 0 aliphatic carbocycles. The monoisotopic (exact) mass is 423 g/mol. The van der Waals surface area contributed by atoms with E-state index < -0.39 is 0 Å². The van der Waals surface area contributed by atoms with Crippen LogP contribution in [0.25, 0.3) is 0 Å². The van der Waals surface area contributed by atoms with Crippen LogP contribution in [0.3, 0.4) is 0 Å². The van der Waals surface area contributed by atoms with Gasteiger partial charge in [-0.15, -0.1) is 0 Å². The molecule has 1 heterocycles. The molecule has 7 nitrogen and oxygen atoms in total. The number of carbonyl (C=O) groups excluding carboxylic acids is 1. The minimum atomic E-state index is -0.202. The van der Waals surface area contributed by atoms with Gasteiger partial charge in [0.15, 0.2) is 11.5 Å². The molecule has 1 unspecified atom stereocenters. The summed E-state index contributed by atoms with van der Waals surface area (Å²) in [6.07, 6.45) is 4.44. The van der Waals surface area contributed by atoms with Crippen LogP contribution < -0.4 is 14.2 Å². The molecular formula is C23H37NO6. The number of hydrogen-bond acceptors (Lipinski definition) is 7. The van der Waals surface area contributed by atoms with Gasteiger partial charge in [-0.3, -0.25) is 9.69 Å². The molecule has 2 rings (SSSR count). The van der Waals surface area contributed by atoms with E-state index in [1.807, 2.05) is 12.1 Å². The number of rotatable bonds is 12. The van der Waals surface area contributed by atoms with Gasteiger partial charge in [-0.25, -0.2) is 0 Å². The Morgan fingerprint density at radius 1 is 1.10 bits per heavy atom. The van der Waals surface area contributed by atoms with E-state index in [0.717, 1.165) is 44.2 Å². The Bertz CT molecular complexity index is 638.